The summed E-state index contributed by atoms with van der Waals surface area (Å²) in [5.74, 6) is 1.50. The Morgan fingerprint density at radius 2 is 1.90 bits per heavy atom. The van der Waals surface area contributed by atoms with Gasteiger partial charge in [0.2, 0.25) is 0 Å². The number of hydrogen-bond acceptors (Lipinski definition) is 5. The first-order chi connectivity index (χ1) is 14.0. The Morgan fingerprint density at radius 3 is 2.47 bits per heavy atom. The van der Waals surface area contributed by atoms with Crippen LogP contribution in [0.15, 0.2) is 35.3 Å². The van der Waals surface area contributed by atoms with Crippen LogP contribution < -0.4 is 21.3 Å². The molecule has 3 rings (SSSR count). The van der Waals surface area contributed by atoms with E-state index in [2.05, 4.69) is 51.8 Å². The summed E-state index contributed by atoms with van der Waals surface area (Å²) in [7, 11) is 0. The summed E-state index contributed by atoms with van der Waals surface area (Å²) in [5, 5.41) is 3.70. The third-order valence-corrected chi connectivity index (χ3v) is 5.92. The predicted molar refractivity (Wildman–Crippen MR) is 123 cm³/mol. The third kappa shape index (κ3) is 5.22. The number of nitrogen functional groups attached to an aromatic ring is 1. The maximum atomic E-state index is 13.0. The fourth-order valence-electron chi connectivity index (χ4n) is 4.92. The number of rotatable bonds is 6. The molecular weight excluding hydrogens is 376 g/mol. The number of hydrogen-bond donors (Lipinski definition) is 2. The van der Waals surface area contributed by atoms with E-state index in [-0.39, 0.29) is 22.7 Å². The molecular formula is C24H36N4O2. The second-order valence-corrected chi connectivity index (χ2v) is 9.99. The molecule has 0 spiro atoms. The normalized spacial score (nSPS) is 19.4. The Labute approximate surface area is 179 Å². The second kappa shape index (κ2) is 8.42. The highest BCUT2D eigenvalue weighted by Crippen LogP contribution is 2.33. The summed E-state index contributed by atoms with van der Waals surface area (Å²) >= 11 is 0. The highest BCUT2D eigenvalue weighted by atomic mass is 16.5. The summed E-state index contributed by atoms with van der Waals surface area (Å²) in [5.41, 5.74) is 7.50. The van der Waals surface area contributed by atoms with Gasteiger partial charge in [-0.15, -0.1) is 0 Å². The predicted octanol–water partition coefficient (Wildman–Crippen LogP) is 4.40. The van der Waals surface area contributed by atoms with Crippen LogP contribution in [-0.4, -0.2) is 27.2 Å². The molecule has 0 radical (unpaired) electrons. The minimum atomic E-state index is -0.0559. The smallest absolute Gasteiger partial charge is 0.254 e. The lowest BCUT2D eigenvalue weighted by Crippen LogP contribution is -2.58. The molecule has 164 valence electrons. The molecule has 6 heteroatoms. The fraction of sp³-hybridized carbons (Fsp3) is 0.583. The summed E-state index contributed by atoms with van der Waals surface area (Å²) < 4.78 is 8.00. The molecule has 0 bridgehead atoms. The van der Waals surface area contributed by atoms with Gasteiger partial charge >= 0.3 is 0 Å². The van der Waals surface area contributed by atoms with Crippen LogP contribution in [0.5, 0.6) is 5.75 Å². The van der Waals surface area contributed by atoms with Gasteiger partial charge in [-0.3, -0.25) is 4.79 Å². The van der Waals surface area contributed by atoms with E-state index in [4.69, 9.17) is 10.5 Å². The van der Waals surface area contributed by atoms with Gasteiger partial charge in [0.05, 0.1) is 12.3 Å². The van der Waals surface area contributed by atoms with E-state index in [9.17, 15) is 4.79 Å². The monoisotopic (exact) mass is 412 g/mol. The average molecular weight is 413 g/mol. The fourth-order valence-corrected chi connectivity index (χ4v) is 4.92. The first kappa shape index (κ1) is 22.3. The van der Waals surface area contributed by atoms with Crippen LogP contribution in [0.1, 0.15) is 66.8 Å². The number of aromatic nitrogens is 2. The largest absolute Gasteiger partial charge is 0.493 e. The number of piperidine rings is 1. The van der Waals surface area contributed by atoms with Crippen molar-refractivity contribution < 1.29 is 4.74 Å². The first-order valence-electron chi connectivity index (χ1n) is 10.9. The molecule has 2 aromatic rings. The van der Waals surface area contributed by atoms with Crippen molar-refractivity contribution in [2.75, 3.05) is 12.3 Å². The summed E-state index contributed by atoms with van der Waals surface area (Å²) in [6.45, 7) is 13.7. The lowest BCUT2D eigenvalue weighted by molar-refractivity contribution is 0.0934. The lowest BCUT2D eigenvalue weighted by atomic mass is 9.76. The highest BCUT2D eigenvalue weighted by molar-refractivity contribution is 5.61. The molecule has 3 heterocycles. The van der Waals surface area contributed by atoms with Crippen LogP contribution >= 0.6 is 0 Å². The summed E-state index contributed by atoms with van der Waals surface area (Å²) in [6, 6.07) is 7.30. The van der Waals surface area contributed by atoms with Gasteiger partial charge in [-0.1, -0.05) is 6.92 Å². The molecule has 0 saturated carbocycles. The number of nitrogens with one attached hydrogen (secondary N) is 1. The van der Waals surface area contributed by atoms with Crippen LogP contribution in [0.2, 0.25) is 0 Å². The van der Waals surface area contributed by atoms with E-state index in [1.54, 1.807) is 18.3 Å². The minimum absolute atomic E-state index is 0.0559. The van der Waals surface area contributed by atoms with E-state index in [0.717, 1.165) is 30.5 Å². The van der Waals surface area contributed by atoms with Gasteiger partial charge in [-0.25, -0.2) is 4.98 Å². The minimum Gasteiger partial charge on any atom is -0.493 e. The van der Waals surface area contributed by atoms with E-state index in [1.807, 2.05) is 16.7 Å². The first-order valence-corrected chi connectivity index (χ1v) is 10.9. The molecule has 0 amide bonds. The standard InChI is InChI=1S/C24H36N4O2/c1-7-16(2)28-20(18-8-9-21(25)26-14-18)10-19(11-22(28)29)30-15-17-12-23(3,4)27-24(5,6)13-17/h8-11,14,16-17,27H,7,12-13,15H2,1-6H3,(H2,25,26). The molecule has 0 aromatic carbocycles. The van der Waals surface area contributed by atoms with Crippen molar-refractivity contribution in [1.29, 1.82) is 0 Å². The van der Waals surface area contributed by atoms with Crippen molar-refractivity contribution in [1.82, 2.24) is 14.9 Å². The van der Waals surface area contributed by atoms with Crippen molar-refractivity contribution in [3.05, 3.63) is 40.8 Å². The van der Waals surface area contributed by atoms with Gasteiger partial charge in [-0.2, -0.15) is 0 Å². The van der Waals surface area contributed by atoms with Crippen LogP contribution in [0.4, 0.5) is 5.82 Å². The number of pyridine rings is 2. The highest BCUT2D eigenvalue weighted by Gasteiger charge is 2.37. The molecule has 0 aliphatic carbocycles. The molecule has 1 aliphatic heterocycles. The zero-order chi connectivity index (χ0) is 22.1. The molecule has 1 unspecified atom stereocenters. The number of anilines is 1. The number of ether oxygens (including phenoxy) is 1. The van der Waals surface area contributed by atoms with Gasteiger partial charge in [0.25, 0.3) is 5.56 Å². The SMILES string of the molecule is CCC(C)n1c(-c2ccc(N)nc2)cc(OCC2CC(C)(C)NC(C)(C)C2)cc1=O. The molecule has 1 saturated heterocycles. The van der Waals surface area contributed by atoms with E-state index in [0.29, 0.717) is 24.1 Å². The molecule has 6 nitrogen and oxygen atoms in total. The zero-order valence-corrected chi connectivity index (χ0v) is 19.2. The Hall–Kier alpha value is -2.34. The van der Waals surface area contributed by atoms with Gasteiger partial charge in [0, 0.05) is 41.0 Å². The summed E-state index contributed by atoms with van der Waals surface area (Å²) in [4.78, 5) is 17.2. The molecule has 1 atom stereocenters. The quantitative estimate of drug-likeness (QED) is 0.735. The maximum absolute atomic E-state index is 13.0. The molecule has 30 heavy (non-hydrogen) atoms. The van der Waals surface area contributed by atoms with Crippen LogP contribution in [0.25, 0.3) is 11.3 Å². The summed E-state index contributed by atoms with van der Waals surface area (Å²) in [6.07, 6.45) is 4.64. The number of nitrogens with zero attached hydrogens (tertiary/aromatic N) is 2. The lowest BCUT2D eigenvalue weighted by Gasteiger charge is -2.46. The third-order valence-electron chi connectivity index (χ3n) is 5.92. The zero-order valence-electron chi connectivity index (χ0n) is 19.2. The van der Waals surface area contributed by atoms with Crippen molar-refractivity contribution in [2.24, 2.45) is 5.92 Å². The number of nitrogens with two attached hydrogens (primary N) is 1. The average Bonchev–Trinajstić information content (AvgIpc) is 2.63. The Kier molecular flexibility index (Phi) is 6.27. The van der Waals surface area contributed by atoms with Crippen molar-refractivity contribution in [3.8, 4) is 17.0 Å². The molecule has 2 aromatic heterocycles. The van der Waals surface area contributed by atoms with Crippen molar-refractivity contribution in [3.63, 3.8) is 0 Å². The van der Waals surface area contributed by atoms with Crippen LogP contribution in [0.3, 0.4) is 0 Å². The maximum Gasteiger partial charge on any atom is 0.254 e. The van der Waals surface area contributed by atoms with Crippen LogP contribution in [0, 0.1) is 5.92 Å². The van der Waals surface area contributed by atoms with Gasteiger partial charge < -0.3 is 20.4 Å². The Balaban J connectivity index is 1.89. The molecule has 1 aliphatic rings. The topological polar surface area (TPSA) is 82.2 Å². The van der Waals surface area contributed by atoms with E-state index < -0.39 is 0 Å². The molecule has 1 fully saturated rings. The van der Waals surface area contributed by atoms with Crippen molar-refractivity contribution >= 4 is 5.82 Å². The van der Waals surface area contributed by atoms with E-state index in [1.165, 1.54) is 0 Å². The Morgan fingerprint density at radius 1 is 1.23 bits per heavy atom. The van der Waals surface area contributed by atoms with Gasteiger partial charge in [-0.05, 0) is 71.9 Å². The van der Waals surface area contributed by atoms with Crippen molar-refractivity contribution in [2.45, 2.75) is 77.9 Å². The van der Waals surface area contributed by atoms with E-state index >= 15 is 0 Å². The molecule has 3 N–H and O–H groups in total. The van der Waals surface area contributed by atoms with Crippen LogP contribution in [-0.2, 0) is 0 Å². The van der Waals surface area contributed by atoms with Gasteiger partial charge in [0.15, 0.2) is 0 Å². The van der Waals surface area contributed by atoms with Gasteiger partial charge in [0.1, 0.15) is 11.6 Å². The second-order valence-electron chi connectivity index (χ2n) is 9.99. The Bertz CT molecular complexity index is 915.